The number of anilines is 1. The van der Waals surface area contributed by atoms with Gasteiger partial charge in [0.15, 0.2) is 6.10 Å². The van der Waals surface area contributed by atoms with E-state index in [1.54, 1.807) is 12.1 Å². The molecular formula is C23H28ClF3N4O2. The molecule has 0 saturated carbocycles. The van der Waals surface area contributed by atoms with Crippen molar-refractivity contribution in [1.29, 1.82) is 0 Å². The highest BCUT2D eigenvalue weighted by molar-refractivity contribution is 6.32. The van der Waals surface area contributed by atoms with Crippen molar-refractivity contribution in [3.63, 3.8) is 0 Å². The SMILES string of the molecule is C=CN(/N=C(/C)N(C)CC)c1ccc(C(=O)NC2=C(F)CCC=C2Cl)c(OC(C)C(F)F)c1. The first kappa shape index (κ1) is 26.3. The van der Waals surface area contributed by atoms with Crippen LogP contribution in [0.1, 0.15) is 44.0 Å². The summed E-state index contributed by atoms with van der Waals surface area (Å²) < 4.78 is 46.0. The van der Waals surface area contributed by atoms with Crippen molar-refractivity contribution in [3.05, 3.63) is 59.2 Å². The zero-order chi connectivity index (χ0) is 24.7. The van der Waals surface area contributed by atoms with Gasteiger partial charge in [-0.3, -0.25) is 4.79 Å². The highest BCUT2D eigenvalue weighted by atomic mass is 35.5. The fraction of sp³-hybridized carbons (Fsp3) is 0.391. The third-order valence-electron chi connectivity index (χ3n) is 5.03. The molecule has 1 aromatic carbocycles. The molecule has 1 atom stereocenters. The van der Waals surface area contributed by atoms with E-state index in [-0.39, 0.29) is 28.5 Å². The maximum Gasteiger partial charge on any atom is 0.274 e. The zero-order valence-corrected chi connectivity index (χ0v) is 19.8. The van der Waals surface area contributed by atoms with Crippen molar-refractivity contribution in [1.82, 2.24) is 10.2 Å². The van der Waals surface area contributed by atoms with E-state index in [1.165, 1.54) is 30.3 Å². The number of benzene rings is 1. The molecule has 1 N–H and O–H groups in total. The third kappa shape index (κ3) is 6.77. The van der Waals surface area contributed by atoms with E-state index < -0.39 is 24.3 Å². The van der Waals surface area contributed by atoms with Crippen molar-refractivity contribution >= 4 is 29.0 Å². The number of alkyl halides is 2. The van der Waals surface area contributed by atoms with Crippen LogP contribution in [-0.2, 0) is 0 Å². The van der Waals surface area contributed by atoms with Crippen molar-refractivity contribution in [2.45, 2.75) is 46.1 Å². The van der Waals surface area contributed by atoms with Crippen LogP contribution in [-0.4, -0.2) is 42.8 Å². The van der Waals surface area contributed by atoms with Gasteiger partial charge in [0.1, 0.15) is 17.4 Å². The molecule has 10 heteroatoms. The number of ether oxygens (including phenoxy) is 1. The number of carbonyl (C=O) groups excluding carboxylic acids is 1. The first-order chi connectivity index (χ1) is 15.6. The Balaban J connectivity index is 2.45. The van der Waals surface area contributed by atoms with Gasteiger partial charge >= 0.3 is 0 Å². The number of carbonyl (C=O) groups is 1. The number of nitrogens with one attached hydrogen (secondary N) is 1. The van der Waals surface area contributed by atoms with Gasteiger partial charge in [0.05, 0.1) is 22.0 Å². The average molecular weight is 485 g/mol. The highest BCUT2D eigenvalue weighted by Gasteiger charge is 2.24. The molecule has 1 amide bonds. The molecule has 1 aromatic rings. The first-order valence-electron chi connectivity index (χ1n) is 10.4. The summed E-state index contributed by atoms with van der Waals surface area (Å²) in [6.45, 7) is 9.42. The second-order valence-corrected chi connectivity index (χ2v) is 7.76. The van der Waals surface area contributed by atoms with E-state index in [0.717, 1.165) is 6.54 Å². The molecule has 0 fully saturated rings. The van der Waals surface area contributed by atoms with Crippen molar-refractivity contribution in [3.8, 4) is 5.75 Å². The number of nitrogens with zero attached hydrogens (tertiary/aromatic N) is 3. The van der Waals surface area contributed by atoms with E-state index in [0.29, 0.717) is 17.9 Å². The molecule has 0 bridgehead atoms. The minimum atomic E-state index is -2.78. The van der Waals surface area contributed by atoms with Gasteiger partial charge in [-0.05, 0) is 39.3 Å². The summed E-state index contributed by atoms with van der Waals surface area (Å²) in [5.74, 6) is -0.729. The number of hydrazone groups is 1. The van der Waals surface area contributed by atoms with Crippen molar-refractivity contribution in [2.75, 3.05) is 18.6 Å². The number of allylic oxidation sites excluding steroid dienone is 3. The standard InChI is InChI=1S/C23H28ClF3N4O2/c1-6-30(5)15(4)29-31(7-2)16-11-12-17(20(13-16)33-14(3)22(26)27)23(32)28-21-18(24)9-8-10-19(21)25/h7,9,11-14,22H,2,6,8,10H2,1,3-5H3,(H,28,32)/b29-15-. The van der Waals surface area contributed by atoms with Crippen LogP contribution in [0.3, 0.4) is 0 Å². The van der Waals surface area contributed by atoms with Crippen LogP contribution in [0.5, 0.6) is 5.75 Å². The van der Waals surface area contributed by atoms with Crippen molar-refractivity contribution < 1.29 is 22.7 Å². The zero-order valence-electron chi connectivity index (χ0n) is 19.0. The Morgan fingerprint density at radius 2 is 2.12 bits per heavy atom. The van der Waals surface area contributed by atoms with Gasteiger partial charge in [-0.25, -0.2) is 18.2 Å². The van der Waals surface area contributed by atoms with Crippen LogP contribution in [0.15, 0.2) is 58.7 Å². The number of rotatable bonds is 9. The molecule has 180 valence electrons. The summed E-state index contributed by atoms with van der Waals surface area (Å²) >= 11 is 6.03. The van der Waals surface area contributed by atoms with Crippen LogP contribution in [0.4, 0.5) is 18.9 Å². The van der Waals surface area contributed by atoms with E-state index in [4.69, 9.17) is 16.3 Å². The van der Waals surface area contributed by atoms with E-state index in [2.05, 4.69) is 17.0 Å². The highest BCUT2D eigenvalue weighted by Crippen LogP contribution is 2.31. The fourth-order valence-electron chi connectivity index (χ4n) is 2.85. The minimum Gasteiger partial charge on any atom is -0.484 e. The number of amides is 1. The van der Waals surface area contributed by atoms with Gasteiger partial charge in [0.25, 0.3) is 12.3 Å². The lowest BCUT2D eigenvalue weighted by atomic mass is 10.1. The molecule has 6 nitrogen and oxygen atoms in total. The second-order valence-electron chi connectivity index (χ2n) is 7.35. The summed E-state index contributed by atoms with van der Waals surface area (Å²) in [7, 11) is 1.87. The largest absolute Gasteiger partial charge is 0.484 e. The average Bonchev–Trinajstić information content (AvgIpc) is 2.78. The maximum atomic E-state index is 14.2. The minimum absolute atomic E-state index is 0.0584. The normalized spacial score (nSPS) is 15.2. The summed E-state index contributed by atoms with van der Waals surface area (Å²) in [5.41, 5.74) is 0.236. The maximum absolute atomic E-state index is 14.2. The van der Waals surface area contributed by atoms with E-state index >= 15 is 0 Å². The molecule has 2 rings (SSSR count). The molecular weight excluding hydrogens is 457 g/mol. The lowest BCUT2D eigenvalue weighted by molar-refractivity contribution is 0.0221. The smallest absolute Gasteiger partial charge is 0.274 e. The van der Waals surface area contributed by atoms with Crippen molar-refractivity contribution in [2.24, 2.45) is 5.10 Å². The Hall–Kier alpha value is -2.94. The molecule has 1 aliphatic carbocycles. The summed E-state index contributed by atoms with van der Waals surface area (Å²) in [4.78, 5) is 14.8. The Morgan fingerprint density at radius 1 is 1.42 bits per heavy atom. The molecule has 0 aromatic heterocycles. The Morgan fingerprint density at radius 3 is 2.70 bits per heavy atom. The molecule has 0 aliphatic heterocycles. The first-order valence-corrected chi connectivity index (χ1v) is 10.8. The number of hydrogen-bond donors (Lipinski definition) is 1. The van der Waals surface area contributed by atoms with Crippen LogP contribution in [0.25, 0.3) is 0 Å². The quantitative estimate of drug-likeness (QED) is 0.274. The van der Waals surface area contributed by atoms with E-state index in [9.17, 15) is 18.0 Å². The summed E-state index contributed by atoms with van der Waals surface area (Å²) in [6.07, 6.45) is -0.716. The number of hydrogen-bond acceptors (Lipinski definition) is 4. The van der Waals surface area contributed by atoms with Gasteiger partial charge in [-0.1, -0.05) is 24.3 Å². The lowest BCUT2D eigenvalue weighted by Gasteiger charge is -2.23. The predicted molar refractivity (Wildman–Crippen MR) is 125 cm³/mol. The third-order valence-corrected chi connectivity index (χ3v) is 5.37. The lowest BCUT2D eigenvalue weighted by Crippen LogP contribution is -2.28. The molecule has 0 heterocycles. The molecule has 1 aliphatic rings. The fourth-order valence-corrected chi connectivity index (χ4v) is 3.10. The summed E-state index contributed by atoms with van der Waals surface area (Å²) in [6, 6.07) is 4.35. The molecule has 0 radical (unpaired) electrons. The number of halogens is 4. The summed E-state index contributed by atoms with van der Waals surface area (Å²) in [5, 5.41) is 8.39. The molecule has 33 heavy (non-hydrogen) atoms. The Bertz CT molecular complexity index is 978. The Kier molecular flexibility index (Phi) is 9.40. The molecule has 0 spiro atoms. The second kappa shape index (κ2) is 11.8. The van der Waals surface area contributed by atoms with Crippen LogP contribution >= 0.6 is 11.6 Å². The van der Waals surface area contributed by atoms with Crippen LogP contribution in [0.2, 0.25) is 0 Å². The molecule has 1 unspecified atom stereocenters. The van der Waals surface area contributed by atoms with Gasteiger partial charge in [0.2, 0.25) is 0 Å². The predicted octanol–water partition coefficient (Wildman–Crippen LogP) is 5.78. The van der Waals surface area contributed by atoms with E-state index in [1.807, 2.05) is 25.8 Å². The van der Waals surface area contributed by atoms with Gasteiger partial charge in [-0.15, -0.1) is 0 Å². The Labute approximate surface area is 197 Å². The monoisotopic (exact) mass is 484 g/mol. The van der Waals surface area contributed by atoms with Gasteiger partial charge in [-0.2, -0.15) is 5.10 Å². The number of amidine groups is 1. The van der Waals surface area contributed by atoms with Gasteiger partial charge < -0.3 is 15.0 Å². The van der Waals surface area contributed by atoms with Crippen LogP contribution < -0.4 is 15.1 Å². The van der Waals surface area contributed by atoms with Crippen LogP contribution in [0, 0.1) is 0 Å². The molecule has 0 saturated heterocycles. The van der Waals surface area contributed by atoms with Gasteiger partial charge in [0, 0.05) is 32.3 Å². The topological polar surface area (TPSA) is 57.2 Å².